The zero-order valence-corrected chi connectivity index (χ0v) is 11.4. The van der Waals surface area contributed by atoms with Crippen molar-refractivity contribution in [2.24, 2.45) is 0 Å². The second-order valence-corrected chi connectivity index (χ2v) is 5.02. The summed E-state index contributed by atoms with van der Waals surface area (Å²) in [5.41, 5.74) is 6.93. The molecular formula is C14H22N4O. The number of amides is 1. The molecule has 0 bridgehead atoms. The number of nitrogens with one attached hydrogen (secondary N) is 1. The first-order valence-corrected chi connectivity index (χ1v) is 6.70. The number of anilines is 1. The van der Waals surface area contributed by atoms with E-state index in [1.54, 1.807) is 24.3 Å². The second kappa shape index (κ2) is 6.54. The minimum Gasteiger partial charge on any atom is -0.399 e. The summed E-state index contributed by atoms with van der Waals surface area (Å²) in [4.78, 5) is 16.6. The summed E-state index contributed by atoms with van der Waals surface area (Å²) in [6, 6.07) is 6.99. The van der Waals surface area contributed by atoms with E-state index in [0.717, 1.165) is 32.7 Å². The van der Waals surface area contributed by atoms with Crippen molar-refractivity contribution < 1.29 is 4.79 Å². The van der Waals surface area contributed by atoms with E-state index in [-0.39, 0.29) is 5.91 Å². The van der Waals surface area contributed by atoms with Gasteiger partial charge in [0.1, 0.15) is 0 Å². The molecular weight excluding hydrogens is 240 g/mol. The van der Waals surface area contributed by atoms with Gasteiger partial charge in [-0.05, 0) is 31.3 Å². The van der Waals surface area contributed by atoms with Gasteiger partial charge in [-0.3, -0.25) is 9.69 Å². The zero-order chi connectivity index (χ0) is 13.7. The molecule has 1 heterocycles. The van der Waals surface area contributed by atoms with Crippen LogP contribution in [0.2, 0.25) is 0 Å². The maximum absolute atomic E-state index is 11.9. The van der Waals surface area contributed by atoms with Crippen molar-refractivity contribution in [2.75, 3.05) is 52.0 Å². The summed E-state index contributed by atoms with van der Waals surface area (Å²) in [5.74, 6) is -0.0332. The summed E-state index contributed by atoms with van der Waals surface area (Å²) >= 11 is 0. The number of carbonyl (C=O) groups is 1. The van der Waals surface area contributed by atoms with Gasteiger partial charge in [-0.2, -0.15) is 0 Å². The highest BCUT2D eigenvalue weighted by atomic mass is 16.1. The van der Waals surface area contributed by atoms with E-state index in [0.29, 0.717) is 17.8 Å². The van der Waals surface area contributed by atoms with Crippen LogP contribution >= 0.6 is 0 Å². The van der Waals surface area contributed by atoms with Gasteiger partial charge in [0.25, 0.3) is 5.91 Å². The largest absolute Gasteiger partial charge is 0.399 e. The highest BCUT2D eigenvalue weighted by molar-refractivity contribution is 5.94. The van der Waals surface area contributed by atoms with E-state index in [4.69, 9.17) is 5.73 Å². The third-order valence-electron chi connectivity index (χ3n) is 3.48. The Labute approximate surface area is 114 Å². The van der Waals surface area contributed by atoms with Gasteiger partial charge in [0.05, 0.1) is 0 Å². The van der Waals surface area contributed by atoms with Crippen LogP contribution in [0.25, 0.3) is 0 Å². The van der Waals surface area contributed by atoms with Gasteiger partial charge in [0.2, 0.25) is 0 Å². The quantitative estimate of drug-likeness (QED) is 0.763. The molecule has 2 rings (SSSR count). The Morgan fingerprint density at radius 1 is 1.21 bits per heavy atom. The van der Waals surface area contributed by atoms with E-state index in [2.05, 4.69) is 22.2 Å². The van der Waals surface area contributed by atoms with Crippen LogP contribution < -0.4 is 11.1 Å². The molecule has 5 heteroatoms. The summed E-state index contributed by atoms with van der Waals surface area (Å²) in [7, 11) is 2.14. The lowest BCUT2D eigenvalue weighted by Crippen LogP contribution is -2.46. The van der Waals surface area contributed by atoms with Crippen LogP contribution in [0.4, 0.5) is 5.69 Å². The molecule has 3 N–H and O–H groups in total. The van der Waals surface area contributed by atoms with Crippen molar-refractivity contribution in [2.45, 2.75) is 0 Å². The van der Waals surface area contributed by atoms with Gasteiger partial charge >= 0.3 is 0 Å². The number of benzene rings is 1. The van der Waals surface area contributed by atoms with Gasteiger partial charge in [0.15, 0.2) is 0 Å². The normalized spacial score (nSPS) is 17.3. The molecule has 1 aromatic carbocycles. The lowest BCUT2D eigenvalue weighted by atomic mass is 10.2. The smallest absolute Gasteiger partial charge is 0.251 e. The summed E-state index contributed by atoms with van der Waals surface area (Å²) < 4.78 is 0. The molecule has 0 unspecified atom stereocenters. The van der Waals surface area contributed by atoms with Crippen molar-refractivity contribution in [1.29, 1.82) is 0 Å². The van der Waals surface area contributed by atoms with E-state index >= 15 is 0 Å². The lowest BCUT2D eigenvalue weighted by molar-refractivity contribution is 0.0941. The van der Waals surface area contributed by atoms with Gasteiger partial charge in [0, 0.05) is 50.5 Å². The van der Waals surface area contributed by atoms with Gasteiger partial charge in [-0.25, -0.2) is 0 Å². The number of nitrogens with zero attached hydrogens (tertiary/aromatic N) is 2. The van der Waals surface area contributed by atoms with Crippen LogP contribution in [-0.2, 0) is 0 Å². The summed E-state index contributed by atoms with van der Waals surface area (Å²) in [6.07, 6.45) is 0. The number of nitrogens with two attached hydrogens (primary N) is 1. The van der Waals surface area contributed by atoms with E-state index in [1.165, 1.54) is 0 Å². The van der Waals surface area contributed by atoms with Crippen molar-refractivity contribution in [3.05, 3.63) is 29.8 Å². The average molecular weight is 262 g/mol. The highest BCUT2D eigenvalue weighted by Crippen LogP contribution is 2.05. The third kappa shape index (κ3) is 4.22. The Morgan fingerprint density at radius 3 is 2.47 bits per heavy atom. The Hall–Kier alpha value is -1.59. The van der Waals surface area contributed by atoms with Crippen LogP contribution in [0.3, 0.4) is 0 Å². The molecule has 0 aliphatic carbocycles. The molecule has 0 radical (unpaired) electrons. The van der Waals surface area contributed by atoms with Crippen LogP contribution in [0.1, 0.15) is 10.4 Å². The Kier molecular flexibility index (Phi) is 4.76. The molecule has 1 saturated heterocycles. The molecule has 1 amide bonds. The predicted octanol–water partition coefficient (Wildman–Crippen LogP) is 0.246. The molecule has 19 heavy (non-hydrogen) atoms. The monoisotopic (exact) mass is 262 g/mol. The van der Waals surface area contributed by atoms with Crippen LogP contribution in [0, 0.1) is 0 Å². The molecule has 0 aromatic heterocycles. The van der Waals surface area contributed by atoms with Crippen LogP contribution in [0.15, 0.2) is 24.3 Å². The number of carbonyl (C=O) groups excluding carboxylic acids is 1. The number of hydrogen-bond donors (Lipinski definition) is 2. The highest BCUT2D eigenvalue weighted by Gasteiger charge is 2.13. The maximum Gasteiger partial charge on any atom is 0.251 e. The van der Waals surface area contributed by atoms with Crippen molar-refractivity contribution in [1.82, 2.24) is 15.1 Å². The van der Waals surface area contributed by atoms with Gasteiger partial charge in [-0.1, -0.05) is 0 Å². The van der Waals surface area contributed by atoms with E-state index < -0.39 is 0 Å². The molecule has 104 valence electrons. The number of piperazine rings is 1. The second-order valence-electron chi connectivity index (χ2n) is 5.02. The molecule has 1 fully saturated rings. The zero-order valence-electron chi connectivity index (χ0n) is 11.4. The van der Waals surface area contributed by atoms with E-state index in [9.17, 15) is 4.79 Å². The van der Waals surface area contributed by atoms with Gasteiger partial charge < -0.3 is 16.0 Å². The average Bonchev–Trinajstić information content (AvgIpc) is 2.41. The molecule has 1 aliphatic heterocycles. The number of likely N-dealkylation sites (N-methyl/N-ethyl adjacent to an activating group) is 1. The fraction of sp³-hybridized carbons (Fsp3) is 0.500. The molecule has 5 nitrogen and oxygen atoms in total. The Bertz CT molecular complexity index is 410. The molecule has 0 spiro atoms. The fourth-order valence-corrected chi connectivity index (χ4v) is 2.14. The summed E-state index contributed by atoms with van der Waals surface area (Å²) in [6.45, 7) is 5.96. The van der Waals surface area contributed by atoms with Gasteiger partial charge in [-0.15, -0.1) is 0 Å². The first-order valence-electron chi connectivity index (χ1n) is 6.70. The topological polar surface area (TPSA) is 61.6 Å². The predicted molar refractivity (Wildman–Crippen MR) is 77.1 cm³/mol. The number of hydrogen-bond acceptors (Lipinski definition) is 4. The van der Waals surface area contributed by atoms with Crippen molar-refractivity contribution in [3.8, 4) is 0 Å². The molecule has 1 aliphatic rings. The third-order valence-corrected chi connectivity index (χ3v) is 3.48. The fourth-order valence-electron chi connectivity index (χ4n) is 2.14. The molecule has 0 atom stereocenters. The number of rotatable bonds is 4. The molecule has 0 saturated carbocycles. The molecule has 1 aromatic rings. The first kappa shape index (κ1) is 13.8. The van der Waals surface area contributed by atoms with Crippen LogP contribution in [-0.4, -0.2) is 62.0 Å². The van der Waals surface area contributed by atoms with E-state index in [1.807, 2.05) is 0 Å². The summed E-state index contributed by atoms with van der Waals surface area (Å²) in [5, 5.41) is 2.94. The van der Waals surface area contributed by atoms with Crippen molar-refractivity contribution in [3.63, 3.8) is 0 Å². The first-order chi connectivity index (χ1) is 9.15. The minimum atomic E-state index is -0.0332. The Morgan fingerprint density at radius 2 is 1.84 bits per heavy atom. The maximum atomic E-state index is 11.9. The lowest BCUT2D eigenvalue weighted by Gasteiger charge is -2.32. The minimum absolute atomic E-state index is 0.0332. The standard InChI is InChI=1S/C14H22N4O/c1-17-8-10-18(11-9-17)7-6-16-14(19)12-2-4-13(15)5-3-12/h2-5H,6-11,15H2,1H3,(H,16,19). The number of nitrogen functional groups attached to an aromatic ring is 1. The Balaban J connectivity index is 1.70. The van der Waals surface area contributed by atoms with Crippen LogP contribution in [0.5, 0.6) is 0 Å². The van der Waals surface area contributed by atoms with Crippen molar-refractivity contribution >= 4 is 11.6 Å². The SMILES string of the molecule is CN1CCN(CCNC(=O)c2ccc(N)cc2)CC1.